The number of anilines is 1. The topological polar surface area (TPSA) is 83.6 Å². The van der Waals surface area contributed by atoms with Gasteiger partial charge in [0.15, 0.2) is 0 Å². The van der Waals surface area contributed by atoms with Crippen LogP contribution in [0.4, 0.5) is 10.1 Å². The Balaban J connectivity index is 2.28. The van der Waals surface area contributed by atoms with Crippen molar-refractivity contribution in [2.75, 3.05) is 18.8 Å². The smallest absolute Gasteiger partial charge is 0.243 e. The van der Waals surface area contributed by atoms with Crippen molar-refractivity contribution in [3.05, 3.63) is 24.0 Å². The highest BCUT2D eigenvalue weighted by molar-refractivity contribution is 7.89. The maximum atomic E-state index is 13.4. The SMILES string of the molecule is CC1(O)CCCN(S(=O)(=O)c2ccc(N)c(F)c2)CC1. The summed E-state index contributed by atoms with van der Waals surface area (Å²) >= 11 is 0. The molecule has 5 nitrogen and oxygen atoms in total. The maximum Gasteiger partial charge on any atom is 0.243 e. The van der Waals surface area contributed by atoms with E-state index in [-0.39, 0.29) is 17.1 Å². The first-order valence-corrected chi connectivity index (χ1v) is 7.94. The first-order chi connectivity index (χ1) is 9.22. The highest BCUT2D eigenvalue weighted by Crippen LogP contribution is 2.26. The van der Waals surface area contributed by atoms with Crippen molar-refractivity contribution in [1.29, 1.82) is 0 Å². The maximum absolute atomic E-state index is 13.4. The zero-order valence-corrected chi connectivity index (χ0v) is 12.2. The van der Waals surface area contributed by atoms with E-state index in [4.69, 9.17) is 5.73 Å². The summed E-state index contributed by atoms with van der Waals surface area (Å²) in [5, 5.41) is 9.99. The molecule has 1 aromatic rings. The molecule has 0 saturated carbocycles. The summed E-state index contributed by atoms with van der Waals surface area (Å²) in [6.07, 6.45) is 1.49. The first-order valence-electron chi connectivity index (χ1n) is 6.50. The number of nitrogens with two attached hydrogens (primary N) is 1. The second-order valence-corrected chi connectivity index (χ2v) is 7.38. The zero-order valence-electron chi connectivity index (χ0n) is 11.3. The van der Waals surface area contributed by atoms with Crippen molar-refractivity contribution in [3.63, 3.8) is 0 Å². The largest absolute Gasteiger partial charge is 0.396 e. The molecule has 112 valence electrons. The molecular weight excluding hydrogens is 283 g/mol. The Morgan fingerprint density at radius 1 is 1.35 bits per heavy atom. The molecule has 1 aliphatic rings. The average Bonchev–Trinajstić information content (AvgIpc) is 2.54. The molecule has 1 atom stereocenters. The molecule has 1 unspecified atom stereocenters. The van der Waals surface area contributed by atoms with Gasteiger partial charge in [-0.1, -0.05) is 0 Å². The van der Waals surface area contributed by atoms with Crippen LogP contribution in [-0.2, 0) is 10.0 Å². The van der Waals surface area contributed by atoms with Gasteiger partial charge in [-0.25, -0.2) is 12.8 Å². The van der Waals surface area contributed by atoms with Gasteiger partial charge in [-0.05, 0) is 44.4 Å². The number of aliphatic hydroxyl groups is 1. The number of benzene rings is 1. The van der Waals surface area contributed by atoms with Crippen molar-refractivity contribution in [2.24, 2.45) is 0 Å². The normalized spacial score (nSPS) is 25.4. The number of hydrogen-bond donors (Lipinski definition) is 2. The van der Waals surface area contributed by atoms with Crippen molar-refractivity contribution >= 4 is 15.7 Å². The van der Waals surface area contributed by atoms with E-state index in [0.717, 1.165) is 6.07 Å². The fraction of sp³-hybridized carbons (Fsp3) is 0.538. The third-order valence-corrected chi connectivity index (χ3v) is 5.53. The molecule has 0 radical (unpaired) electrons. The number of sulfonamides is 1. The zero-order chi connectivity index (χ0) is 15.0. The summed E-state index contributed by atoms with van der Waals surface area (Å²) in [6.45, 7) is 2.25. The van der Waals surface area contributed by atoms with Gasteiger partial charge in [0.25, 0.3) is 0 Å². The van der Waals surface area contributed by atoms with E-state index in [0.29, 0.717) is 25.8 Å². The lowest BCUT2D eigenvalue weighted by Crippen LogP contribution is -2.33. The fourth-order valence-electron chi connectivity index (χ4n) is 2.30. The summed E-state index contributed by atoms with van der Waals surface area (Å²) in [5.74, 6) is -0.743. The minimum absolute atomic E-state index is 0.0808. The molecule has 1 aliphatic heterocycles. The van der Waals surface area contributed by atoms with E-state index >= 15 is 0 Å². The monoisotopic (exact) mass is 302 g/mol. The second kappa shape index (κ2) is 5.31. The van der Waals surface area contributed by atoms with Crippen LogP contribution in [0.15, 0.2) is 23.1 Å². The van der Waals surface area contributed by atoms with Crippen LogP contribution in [0.3, 0.4) is 0 Å². The van der Waals surface area contributed by atoms with Crippen molar-refractivity contribution < 1.29 is 17.9 Å². The summed E-state index contributed by atoms with van der Waals surface area (Å²) in [4.78, 5) is -0.106. The molecule has 0 spiro atoms. The van der Waals surface area contributed by atoms with E-state index in [2.05, 4.69) is 0 Å². The standard InChI is InChI=1S/C13H19FN2O3S/c1-13(17)5-2-7-16(8-6-13)20(18,19)10-3-4-12(15)11(14)9-10/h3-4,9,17H,2,5-8,15H2,1H3. The summed E-state index contributed by atoms with van der Waals surface area (Å²) in [7, 11) is -3.75. The van der Waals surface area contributed by atoms with Gasteiger partial charge in [0.1, 0.15) is 5.82 Å². The van der Waals surface area contributed by atoms with E-state index in [1.165, 1.54) is 16.4 Å². The highest BCUT2D eigenvalue weighted by Gasteiger charge is 2.31. The molecule has 1 heterocycles. The van der Waals surface area contributed by atoms with Gasteiger partial charge in [-0.2, -0.15) is 4.31 Å². The summed E-state index contributed by atoms with van der Waals surface area (Å²) < 4.78 is 39.6. The lowest BCUT2D eigenvalue weighted by molar-refractivity contribution is 0.0465. The van der Waals surface area contributed by atoms with Gasteiger partial charge < -0.3 is 10.8 Å². The predicted molar refractivity (Wildman–Crippen MR) is 74.0 cm³/mol. The van der Waals surface area contributed by atoms with Crippen LogP contribution in [0, 0.1) is 5.82 Å². The minimum atomic E-state index is -3.75. The molecule has 1 fully saturated rings. The Bertz CT molecular complexity index is 602. The summed E-state index contributed by atoms with van der Waals surface area (Å²) in [6, 6.07) is 3.49. The molecule has 1 saturated heterocycles. The predicted octanol–water partition coefficient (Wildman–Crippen LogP) is 1.33. The van der Waals surface area contributed by atoms with E-state index in [9.17, 15) is 17.9 Å². The molecule has 0 amide bonds. The van der Waals surface area contributed by atoms with Crippen molar-refractivity contribution in [1.82, 2.24) is 4.31 Å². The molecule has 1 aromatic carbocycles. The lowest BCUT2D eigenvalue weighted by Gasteiger charge is -2.22. The van der Waals surface area contributed by atoms with Crippen LogP contribution < -0.4 is 5.73 Å². The number of rotatable bonds is 2. The number of nitrogens with zero attached hydrogens (tertiary/aromatic N) is 1. The average molecular weight is 302 g/mol. The number of hydrogen-bond acceptors (Lipinski definition) is 4. The van der Waals surface area contributed by atoms with Gasteiger partial charge in [-0.3, -0.25) is 0 Å². The van der Waals surface area contributed by atoms with Gasteiger partial charge in [0.2, 0.25) is 10.0 Å². The molecule has 0 bridgehead atoms. The number of nitrogen functional groups attached to an aromatic ring is 1. The van der Waals surface area contributed by atoms with Crippen LogP contribution >= 0.6 is 0 Å². The van der Waals surface area contributed by atoms with E-state index < -0.39 is 21.4 Å². The molecule has 2 rings (SSSR count). The third kappa shape index (κ3) is 3.11. The Labute approximate surface area is 118 Å². The summed E-state index contributed by atoms with van der Waals surface area (Å²) in [5.41, 5.74) is 4.42. The number of halogens is 1. The Kier molecular flexibility index (Phi) is 4.04. The van der Waals surface area contributed by atoms with Crippen molar-refractivity contribution in [3.8, 4) is 0 Å². The van der Waals surface area contributed by atoms with Crippen LogP contribution in [0.1, 0.15) is 26.2 Å². The van der Waals surface area contributed by atoms with E-state index in [1.54, 1.807) is 6.92 Å². The molecule has 3 N–H and O–H groups in total. The van der Waals surface area contributed by atoms with Crippen molar-refractivity contribution in [2.45, 2.75) is 36.7 Å². The lowest BCUT2D eigenvalue weighted by atomic mass is 9.98. The van der Waals surface area contributed by atoms with Crippen LogP contribution in [0.2, 0.25) is 0 Å². The molecular formula is C13H19FN2O3S. The van der Waals surface area contributed by atoms with Gasteiger partial charge >= 0.3 is 0 Å². The van der Waals surface area contributed by atoms with Gasteiger partial charge in [0.05, 0.1) is 16.2 Å². The Morgan fingerprint density at radius 2 is 2.05 bits per heavy atom. The first kappa shape index (κ1) is 15.2. The molecule has 7 heteroatoms. The van der Waals surface area contributed by atoms with Gasteiger partial charge in [-0.15, -0.1) is 0 Å². The minimum Gasteiger partial charge on any atom is -0.396 e. The van der Waals surface area contributed by atoms with Crippen LogP contribution in [0.5, 0.6) is 0 Å². The molecule has 0 aliphatic carbocycles. The second-order valence-electron chi connectivity index (χ2n) is 5.44. The quantitative estimate of drug-likeness (QED) is 0.807. The Hall–Kier alpha value is -1.18. The van der Waals surface area contributed by atoms with E-state index in [1.807, 2.05) is 0 Å². The third-order valence-electron chi connectivity index (χ3n) is 3.63. The fourth-order valence-corrected chi connectivity index (χ4v) is 3.79. The van der Waals surface area contributed by atoms with Gasteiger partial charge in [0, 0.05) is 13.1 Å². The highest BCUT2D eigenvalue weighted by atomic mass is 32.2. The van der Waals surface area contributed by atoms with Crippen LogP contribution in [0.25, 0.3) is 0 Å². The Morgan fingerprint density at radius 3 is 2.70 bits per heavy atom. The van der Waals surface area contributed by atoms with Crippen LogP contribution in [-0.4, -0.2) is 36.5 Å². The molecule has 20 heavy (non-hydrogen) atoms. The molecule has 0 aromatic heterocycles.